The molecule has 9 heteroatoms. The van der Waals surface area contributed by atoms with Crippen molar-refractivity contribution < 1.29 is 22.0 Å². The van der Waals surface area contributed by atoms with Crippen molar-refractivity contribution in [1.82, 2.24) is 15.5 Å². The van der Waals surface area contributed by atoms with Crippen molar-refractivity contribution in [1.29, 1.82) is 0 Å². The molecule has 0 aliphatic heterocycles. The van der Waals surface area contributed by atoms with Gasteiger partial charge in [0.15, 0.2) is 0 Å². The SMILES string of the molecule is CNC(C)c1nnc(NCC(F)(F)C(F)F)o1. The fourth-order valence-electron chi connectivity index (χ4n) is 0.875. The van der Waals surface area contributed by atoms with Gasteiger partial charge in [0.1, 0.15) is 0 Å². The van der Waals surface area contributed by atoms with Crippen molar-refractivity contribution >= 4 is 6.01 Å². The van der Waals surface area contributed by atoms with E-state index < -0.39 is 18.9 Å². The monoisotopic (exact) mass is 256 g/mol. The van der Waals surface area contributed by atoms with Crippen LogP contribution in [0.1, 0.15) is 18.9 Å². The van der Waals surface area contributed by atoms with Crippen molar-refractivity contribution in [2.75, 3.05) is 18.9 Å². The molecule has 1 aromatic heterocycles. The highest BCUT2D eigenvalue weighted by molar-refractivity contribution is 5.18. The maximum atomic E-state index is 12.5. The predicted molar refractivity (Wildman–Crippen MR) is 51.2 cm³/mol. The van der Waals surface area contributed by atoms with Crippen molar-refractivity contribution in [2.45, 2.75) is 25.3 Å². The molecule has 5 nitrogen and oxygen atoms in total. The lowest BCUT2D eigenvalue weighted by molar-refractivity contribution is -0.117. The standard InChI is InChI=1S/C8H12F4N4O/c1-4(13-2)5-15-16-7(17-5)14-3-8(11,12)6(9)10/h4,6,13H,3H2,1-2H3,(H,14,16). The average molecular weight is 256 g/mol. The third-order valence-corrected chi connectivity index (χ3v) is 2.04. The molecule has 0 radical (unpaired) electrons. The summed E-state index contributed by atoms with van der Waals surface area (Å²) in [4.78, 5) is 0. The first kappa shape index (κ1) is 13.7. The summed E-state index contributed by atoms with van der Waals surface area (Å²) in [7, 11) is 1.65. The van der Waals surface area contributed by atoms with E-state index in [0.29, 0.717) is 0 Å². The van der Waals surface area contributed by atoms with Gasteiger partial charge in [0, 0.05) is 0 Å². The summed E-state index contributed by atoms with van der Waals surface area (Å²) < 4.78 is 53.7. The molecule has 1 aromatic rings. The number of hydrogen-bond acceptors (Lipinski definition) is 5. The van der Waals surface area contributed by atoms with Gasteiger partial charge in [0.05, 0.1) is 12.6 Å². The van der Waals surface area contributed by atoms with E-state index in [1.54, 1.807) is 14.0 Å². The van der Waals surface area contributed by atoms with Crippen LogP contribution < -0.4 is 10.6 Å². The number of aromatic nitrogens is 2. The number of hydrogen-bond donors (Lipinski definition) is 2. The van der Waals surface area contributed by atoms with Crippen LogP contribution in [-0.4, -0.2) is 36.1 Å². The molecule has 0 amide bonds. The first-order valence-electron chi connectivity index (χ1n) is 4.77. The van der Waals surface area contributed by atoms with E-state index in [0.717, 1.165) is 0 Å². The van der Waals surface area contributed by atoms with Gasteiger partial charge in [-0.25, -0.2) is 8.78 Å². The number of nitrogens with one attached hydrogen (secondary N) is 2. The van der Waals surface area contributed by atoms with Gasteiger partial charge in [-0.2, -0.15) is 8.78 Å². The smallest absolute Gasteiger partial charge is 0.324 e. The van der Waals surface area contributed by atoms with Crippen molar-refractivity contribution in [3.63, 3.8) is 0 Å². The summed E-state index contributed by atoms with van der Waals surface area (Å²) >= 11 is 0. The molecule has 1 heterocycles. The molecule has 0 bridgehead atoms. The van der Waals surface area contributed by atoms with Gasteiger partial charge >= 0.3 is 18.4 Å². The van der Waals surface area contributed by atoms with Crippen LogP contribution in [0.15, 0.2) is 4.42 Å². The molecule has 0 saturated carbocycles. The zero-order valence-corrected chi connectivity index (χ0v) is 9.18. The lowest BCUT2D eigenvalue weighted by Crippen LogP contribution is -2.34. The van der Waals surface area contributed by atoms with Crippen LogP contribution in [0.25, 0.3) is 0 Å². The van der Waals surface area contributed by atoms with Crippen LogP contribution in [0.2, 0.25) is 0 Å². The second-order valence-corrected chi connectivity index (χ2v) is 3.37. The van der Waals surface area contributed by atoms with E-state index in [2.05, 4.69) is 15.5 Å². The van der Waals surface area contributed by atoms with Crippen LogP contribution in [0, 0.1) is 0 Å². The van der Waals surface area contributed by atoms with Gasteiger partial charge in [-0.1, -0.05) is 5.10 Å². The normalized spacial score (nSPS) is 14.1. The Bertz CT molecular complexity index is 357. The molecule has 98 valence electrons. The van der Waals surface area contributed by atoms with E-state index in [9.17, 15) is 17.6 Å². The zero-order chi connectivity index (χ0) is 13.1. The van der Waals surface area contributed by atoms with Crippen LogP contribution in [0.3, 0.4) is 0 Å². The van der Waals surface area contributed by atoms with Gasteiger partial charge in [-0.15, -0.1) is 5.10 Å². The molecule has 0 fully saturated rings. The van der Waals surface area contributed by atoms with Crippen molar-refractivity contribution in [3.8, 4) is 0 Å². The van der Waals surface area contributed by atoms with Crippen LogP contribution in [0.4, 0.5) is 23.6 Å². The minimum atomic E-state index is -4.14. The minimum absolute atomic E-state index is 0.176. The van der Waals surface area contributed by atoms with E-state index >= 15 is 0 Å². The summed E-state index contributed by atoms with van der Waals surface area (Å²) in [6, 6.07) is -0.573. The Morgan fingerprint density at radius 1 is 1.35 bits per heavy atom. The van der Waals surface area contributed by atoms with Crippen LogP contribution in [-0.2, 0) is 0 Å². The second kappa shape index (κ2) is 5.30. The number of halogens is 4. The molecule has 0 saturated heterocycles. The fraction of sp³-hybridized carbons (Fsp3) is 0.750. The molecule has 0 spiro atoms. The Labute approximate surface area is 94.6 Å². The maximum Gasteiger partial charge on any atom is 0.324 e. The summed E-state index contributed by atoms with van der Waals surface area (Å²) in [5.41, 5.74) is 0. The average Bonchev–Trinajstić information content (AvgIpc) is 2.74. The summed E-state index contributed by atoms with van der Waals surface area (Å²) in [5, 5.41) is 11.7. The number of anilines is 1. The van der Waals surface area contributed by atoms with Crippen molar-refractivity contribution in [2.24, 2.45) is 0 Å². The lowest BCUT2D eigenvalue weighted by Gasteiger charge is -2.14. The molecule has 0 aliphatic rings. The summed E-state index contributed by atoms with van der Waals surface area (Å²) in [6.45, 7) is 0.450. The molecule has 0 aliphatic carbocycles. The predicted octanol–water partition coefficient (Wildman–Crippen LogP) is 1.66. The number of rotatable bonds is 6. The van der Waals surface area contributed by atoms with E-state index in [1.807, 2.05) is 5.32 Å². The fourth-order valence-corrected chi connectivity index (χ4v) is 0.875. The highest BCUT2D eigenvalue weighted by Crippen LogP contribution is 2.23. The Morgan fingerprint density at radius 3 is 2.53 bits per heavy atom. The third kappa shape index (κ3) is 3.55. The topological polar surface area (TPSA) is 63.0 Å². The number of nitrogens with zero attached hydrogens (tertiary/aromatic N) is 2. The van der Waals surface area contributed by atoms with Crippen molar-refractivity contribution in [3.05, 3.63) is 5.89 Å². The molecule has 0 aromatic carbocycles. The van der Waals surface area contributed by atoms with E-state index in [-0.39, 0.29) is 17.9 Å². The largest absolute Gasteiger partial charge is 0.406 e. The molecule has 2 N–H and O–H groups in total. The molecule has 17 heavy (non-hydrogen) atoms. The molecule has 1 atom stereocenters. The summed E-state index contributed by atoms with van der Waals surface area (Å²) in [6.07, 6.45) is -3.74. The second-order valence-electron chi connectivity index (χ2n) is 3.37. The minimum Gasteiger partial charge on any atom is -0.406 e. The first-order chi connectivity index (χ1) is 7.86. The maximum absolute atomic E-state index is 12.5. The number of alkyl halides is 4. The van der Waals surface area contributed by atoms with Gasteiger partial charge < -0.3 is 15.1 Å². The third-order valence-electron chi connectivity index (χ3n) is 2.04. The van der Waals surface area contributed by atoms with Crippen LogP contribution >= 0.6 is 0 Å². The van der Waals surface area contributed by atoms with Gasteiger partial charge in [0.2, 0.25) is 5.89 Å². The Balaban J connectivity index is 2.56. The van der Waals surface area contributed by atoms with Crippen LogP contribution in [0.5, 0.6) is 0 Å². The van der Waals surface area contributed by atoms with Gasteiger partial charge in [0.25, 0.3) is 0 Å². The highest BCUT2D eigenvalue weighted by Gasteiger charge is 2.40. The van der Waals surface area contributed by atoms with Gasteiger partial charge in [-0.05, 0) is 14.0 Å². The van der Waals surface area contributed by atoms with E-state index in [4.69, 9.17) is 4.42 Å². The highest BCUT2D eigenvalue weighted by atomic mass is 19.3. The quantitative estimate of drug-likeness (QED) is 0.758. The van der Waals surface area contributed by atoms with E-state index in [1.165, 1.54) is 0 Å². The Hall–Kier alpha value is -1.38. The Morgan fingerprint density at radius 2 is 2.00 bits per heavy atom. The molecular weight excluding hydrogens is 244 g/mol. The molecule has 1 rings (SSSR count). The van der Waals surface area contributed by atoms with Gasteiger partial charge in [-0.3, -0.25) is 0 Å². The lowest BCUT2D eigenvalue weighted by atomic mass is 10.3. The summed E-state index contributed by atoms with van der Waals surface area (Å²) in [5.74, 6) is -3.96. The molecule has 1 unspecified atom stereocenters. The first-order valence-corrected chi connectivity index (χ1v) is 4.77. The zero-order valence-electron chi connectivity index (χ0n) is 9.18. The Kier molecular flexibility index (Phi) is 4.27. The molecular formula is C8H12F4N4O.